The van der Waals surface area contributed by atoms with E-state index in [1.54, 1.807) is 0 Å². The van der Waals surface area contributed by atoms with Gasteiger partial charge in [0.25, 0.3) is 0 Å². The molecule has 0 aliphatic rings. The van der Waals surface area contributed by atoms with Gasteiger partial charge >= 0.3 is 6.18 Å². The lowest BCUT2D eigenvalue weighted by Crippen LogP contribution is -2.09. The number of halogens is 3. The average molecular weight is 320 g/mol. The number of hydrogen-bond acceptors (Lipinski definition) is 2. The van der Waals surface area contributed by atoms with Crippen molar-refractivity contribution in [3.63, 3.8) is 0 Å². The molecule has 0 N–H and O–H groups in total. The summed E-state index contributed by atoms with van der Waals surface area (Å²) >= 11 is 0. The topological polar surface area (TPSA) is 34.1 Å². The monoisotopic (exact) mass is 320 g/mol. The fourth-order valence-electron chi connectivity index (χ4n) is 1.90. The minimum Gasteiger partial charge on any atom is -0.224 e. The predicted molar refractivity (Wildman–Crippen MR) is 76.8 cm³/mol. The molecule has 0 fully saturated rings. The lowest BCUT2D eigenvalue weighted by atomic mass is 10.2. The Morgan fingerprint density at radius 2 is 1.57 bits per heavy atom. The lowest BCUT2D eigenvalue weighted by Gasteiger charge is -2.08. The molecular weight excluding hydrogens is 301 g/mol. The molecule has 0 aromatic heterocycles. The molecule has 0 heterocycles. The maximum Gasteiger partial charge on any atom is 0.416 e. The van der Waals surface area contributed by atoms with Crippen LogP contribution in [-0.4, -0.2) is 14.2 Å². The highest BCUT2D eigenvalue weighted by Crippen LogP contribution is 2.29. The molecule has 0 saturated carbocycles. The highest BCUT2D eigenvalue weighted by molar-refractivity contribution is 7.91. The first-order valence-electron chi connectivity index (χ1n) is 6.78. The Balaban J connectivity index is 2.56. The van der Waals surface area contributed by atoms with E-state index in [1.165, 1.54) is 0 Å². The summed E-state index contributed by atoms with van der Waals surface area (Å²) in [6.07, 6.45) is 1.48. The van der Waals surface area contributed by atoms with Gasteiger partial charge in [-0.3, -0.25) is 0 Å². The van der Waals surface area contributed by atoms with Crippen molar-refractivity contribution in [1.29, 1.82) is 0 Å². The molecule has 0 unspecified atom stereocenters. The molecule has 0 atom stereocenters. The van der Waals surface area contributed by atoms with Crippen LogP contribution >= 0.6 is 0 Å². The first-order valence-corrected chi connectivity index (χ1v) is 8.43. The average Bonchev–Trinajstić information content (AvgIpc) is 2.42. The normalized spacial score (nSPS) is 12.3. The Labute approximate surface area is 123 Å². The van der Waals surface area contributed by atoms with E-state index in [9.17, 15) is 21.6 Å². The summed E-state index contributed by atoms with van der Waals surface area (Å²) in [7, 11) is -3.50. The molecule has 1 rings (SSSR count). The third kappa shape index (κ3) is 5.91. The molecule has 0 amide bonds. The fraction of sp³-hybridized carbons (Fsp3) is 0.467. The summed E-state index contributed by atoms with van der Waals surface area (Å²) in [5.41, 5.74) is -0.842. The number of unbranched alkanes of at least 4 members (excludes halogenated alkanes) is 4. The summed E-state index contributed by atoms with van der Waals surface area (Å²) in [5.74, 6) is -0.0353. The standard InChI is InChI=1S/C15H19F3O2S/c1-2-3-4-5-6-7-12-21(19,20)14-10-8-13(9-11-14)15(16,17)18/h2,8-11H,1,3-7,12H2. The van der Waals surface area contributed by atoms with Gasteiger partial charge in [-0.05, 0) is 43.5 Å². The van der Waals surface area contributed by atoms with Crippen molar-refractivity contribution in [3.8, 4) is 0 Å². The van der Waals surface area contributed by atoms with E-state index in [2.05, 4.69) is 6.58 Å². The van der Waals surface area contributed by atoms with Gasteiger partial charge in [0.2, 0.25) is 0 Å². The van der Waals surface area contributed by atoms with Crippen LogP contribution in [0.3, 0.4) is 0 Å². The molecule has 0 spiro atoms. The third-order valence-electron chi connectivity index (χ3n) is 3.11. The highest BCUT2D eigenvalue weighted by atomic mass is 32.2. The van der Waals surface area contributed by atoms with Gasteiger partial charge in [0, 0.05) is 0 Å². The van der Waals surface area contributed by atoms with Crippen molar-refractivity contribution in [3.05, 3.63) is 42.5 Å². The van der Waals surface area contributed by atoms with Crippen LogP contribution in [0, 0.1) is 0 Å². The Morgan fingerprint density at radius 1 is 1.00 bits per heavy atom. The van der Waals surface area contributed by atoms with Crippen LogP contribution in [0.15, 0.2) is 41.8 Å². The van der Waals surface area contributed by atoms with Crippen LogP contribution in [0.4, 0.5) is 13.2 Å². The summed E-state index contributed by atoms with van der Waals surface area (Å²) in [6.45, 7) is 3.61. The molecule has 118 valence electrons. The van der Waals surface area contributed by atoms with Crippen LogP contribution in [0.1, 0.15) is 37.7 Å². The Kier molecular flexibility index (Phi) is 6.45. The first-order chi connectivity index (χ1) is 9.77. The quantitative estimate of drug-likeness (QED) is 0.517. The summed E-state index contributed by atoms with van der Waals surface area (Å²) in [5, 5.41) is 0. The number of sulfone groups is 1. The largest absolute Gasteiger partial charge is 0.416 e. The smallest absolute Gasteiger partial charge is 0.224 e. The number of hydrogen-bond donors (Lipinski definition) is 0. The maximum atomic E-state index is 12.4. The maximum absolute atomic E-state index is 12.4. The van der Waals surface area contributed by atoms with Gasteiger partial charge < -0.3 is 0 Å². The van der Waals surface area contributed by atoms with Crippen molar-refractivity contribution in [2.75, 3.05) is 5.75 Å². The Bertz CT molecular complexity index is 545. The van der Waals surface area contributed by atoms with Crippen molar-refractivity contribution in [1.82, 2.24) is 0 Å². The van der Waals surface area contributed by atoms with Crippen molar-refractivity contribution < 1.29 is 21.6 Å². The Morgan fingerprint density at radius 3 is 2.10 bits per heavy atom. The lowest BCUT2D eigenvalue weighted by molar-refractivity contribution is -0.137. The number of alkyl halides is 3. The van der Waals surface area contributed by atoms with E-state index in [0.29, 0.717) is 6.42 Å². The third-order valence-corrected chi connectivity index (χ3v) is 4.93. The second-order valence-electron chi connectivity index (χ2n) is 4.83. The zero-order valence-corrected chi connectivity index (χ0v) is 12.5. The van der Waals surface area contributed by atoms with Crippen LogP contribution in [0.2, 0.25) is 0 Å². The van der Waals surface area contributed by atoms with Gasteiger partial charge in [0.1, 0.15) is 0 Å². The van der Waals surface area contributed by atoms with Crippen LogP contribution in [-0.2, 0) is 16.0 Å². The van der Waals surface area contributed by atoms with Crippen molar-refractivity contribution in [2.45, 2.75) is 43.2 Å². The molecule has 2 nitrogen and oxygen atoms in total. The molecule has 0 aliphatic carbocycles. The van der Waals surface area contributed by atoms with Gasteiger partial charge in [0.15, 0.2) is 9.84 Å². The minimum absolute atomic E-state index is 0.0353. The van der Waals surface area contributed by atoms with E-state index in [4.69, 9.17) is 0 Å². The predicted octanol–water partition coefficient (Wildman–Crippen LogP) is 4.62. The zero-order chi connectivity index (χ0) is 15.9. The number of allylic oxidation sites excluding steroid dienone is 1. The van der Waals surface area contributed by atoms with Crippen LogP contribution < -0.4 is 0 Å². The van der Waals surface area contributed by atoms with Crippen LogP contribution in [0.5, 0.6) is 0 Å². The van der Waals surface area contributed by atoms with Crippen LogP contribution in [0.25, 0.3) is 0 Å². The van der Waals surface area contributed by atoms with Gasteiger partial charge in [-0.15, -0.1) is 6.58 Å². The minimum atomic E-state index is -4.45. The molecule has 6 heteroatoms. The van der Waals surface area contributed by atoms with Crippen molar-refractivity contribution in [2.24, 2.45) is 0 Å². The second-order valence-corrected chi connectivity index (χ2v) is 6.94. The highest BCUT2D eigenvalue weighted by Gasteiger charge is 2.30. The fourth-order valence-corrected chi connectivity index (χ4v) is 3.27. The number of benzene rings is 1. The molecule has 21 heavy (non-hydrogen) atoms. The zero-order valence-electron chi connectivity index (χ0n) is 11.7. The second kappa shape index (κ2) is 7.64. The van der Waals surface area contributed by atoms with E-state index in [1.807, 2.05) is 6.08 Å². The van der Waals surface area contributed by atoms with E-state index in [0.717, 1.165) is 49.9 Å². The Hall–Kier alpha value is -1.30. The van der Waals surface area contributed by atoms with E-state index >= 15 is 0 Å². The molecular formula is C15H19F3O2S. The van der Waals surface area contributed by atoms with Gasteiger partial charge in [0.05, 0.1) is 16.2 Å². The molecule has 0 radical (unpaired) electrons. The SMILES string of the molecule is C=CCCCCCCS(=O)(=O)c1ccc(C(F)(F)F)cc1. The molecule has 0 aliphatic heterocycles. The van der Waals surface area contributed by atoms with Gasteiger partial charge in [-0.25, -0.2) is 8.42 Å². The van der Waals surface area contributed by atoms with Gasteiger partial charge in [-0.1, -0.05) is 18.9 Å². The van der Waals surface area contributed by atoms with Crippen molar-refractivity contribution >= 4 is 9.84 Å². The number of rotatable bonds is 8. The van der Waals surface area contributed by atoms with E-state index < -0.39 is 21.6 Å². The molecule has 0 saturated heterocycles. The molecule has 1 aromatic carbocycles. The molecule has 0 bridgehead atoms. The van der Waals surface area contributed by atoms with Gasteiger partial charge in [-0.2, -0.15) is 13.2 Å². The summed E-state index contributed by atoms with van der Waals surface area (Å²) in [4.78, 5) is -0.0541. The molecule has 1 aromatic rings. The summed E-state index contributed by atoms with van der Waals surface area (Å²) in [6, 6.07) is 3.65. The van der Waals surface area contributed by atoms with E-state index in [-0.39, 0.29) is 10.6 Å². The summed E-state index contributed by atoms with van der Waals surface area (Å²) < 4.78 is 61.2. The first kappa shape index (κ1) is 17.8.